The van der Waals surface area contributed by atoms with Crippen molar-refractivity contribution >= 4 is 68.0 Å². The average molecular weight is 539 g/mol. The summed E-state index contributed by atoms with van der Waals surface area (Å²) >= 11 is 18.3. The summed E-state index contributed by atoms with van der Waals surface area (Å²) in [5.74, 6) is -1.14. The highest BCUT2D eigenvalue weighted by Crippen LogP contribution is 2.41. The topological polar surface area (TPSA) is 95.6 Å². The van der Waals surface area contributed by atoms with E-state index >= 15 is 0 Å². The third-order valence-electron chi connectivity index (χ3n) is 5.23. The van der Waals surface area contributed by atoms with Gasteiger partial charge in [-0.05, 0) is 29.8 Å². The summed E-state index contributed by atoms with van der Waals surface area (Å²) < 4.78 is 28.5. The van der Waals surface area contributed by atoms with E-state index in [4.69, 9.17) is 34.8 Å². The number of anilines is 2. The molecule has 34 heavy (non-hydrogen) atoms. The lowest BCUT2D eigenvalue weighted by molar-refractivity contribution is -0.125. The van der Waals surface area contributed by atoms with Gasteiger partial charge in [0.1, 0.15) is 10.9 Å². The van der Waals surface area contributed by atoms with E-state index in [0.717, 1.165) is 9.87 Å². The molecule has 11 heteroatoms. The fraction of sp³-hybridized carbons (Fsp3) is 0.130. The van der Waals surface area contributed by atoms with Gasteiger partial charge in [0.15, 0.2) is 0 Å². The summed E-state index contributed by atoms with van der Waals surface area (Å²) in [5, 5.41) is 5.08. The second-order valence-corrected chi connectivity index (χ2v) is 10.4. The number of para-hydroxylation sites is 2. The van der Waals surface area contributed by atoms with Gasteiger partial charge < -0.3 is 10.6 Å². The van der Waals surface area contributed by atoms with Crippen LogP contribution in [0.1, 0.15) is 12.0 Å². The Hall–Kier alpha value is -2.78. The average Bonchev–Trinajstić information content (AvgIpc) is 2.82. The van der Waals surface area contributed by atoms with E-state index in [2.05, 4.69) is 10.6 Å². The minimum Gasteiger partial charge on any atom is -0.352 e. The first kappa shape index (κ1) is 24.3. The zero-order chi connectivity index (χ0) is 24.5. The molecule has 0 radical (unpaired) electrons. The summed E-state index contributed by atoms with van der Waals surface area (Å²) in [4.78, 5) is 25.4. The van der Waals surface area contributed by atoms with Crippen molar-refractivity contribution < 1.29 is 18.0 Å². The van der Waals surface area contributed by atoms with Gasteiger partial charge in [0.2, 0.25) is 11.8 Å². The van der Waals surface area contributed by atoms with Gasteiger partial charge in [-0.15, -0.1) is 0 Å². The minimum atomic E-state index is -4.42. The summed E-state index contributed by atoms with van der Waals surface area (Å²) in [6, 6.07) is 16.8. The van der Waals surface area contributed by atoms with Gasteiger partial charge in [-0.3, -0.25) is 13.9 Å². The van der Waals surface area contributed by atoms with Crippen LogP contribution in [0.2, 0.25) is 15.1 Å². The van der Waals surface area contributed by atoms with E-state index in [1.54, 1.807) is 18.2 Å². The molecule has 1 unspecified atom stereocenters. The van der Waals surface area contributed by atoms with Crippen LogP contribution in [-0.4, -0.2) is 26.3 Å². The Balaban J connectivity index is 1.71. The van der Waals surface area contributed by atoms with Crippen molar-refractivity contribution in [1.82, 2.24) is 5.32 Å². The number of hydrogen-bond acceptors (Lipinski definition) is 4. The molecule has 0 fully saturated rings. The molecule has 0 bridgehead atoms. The van der Waals surface area contributed by atoms with Crippen molar-refractivity contribution in [2.24, 2.45) is 0 Å². The number of nitrogens with one attached hydrogen (secondary N) is 2. The zero-order valence-corrected chi connectivity index (χ0v) is 20.5. The van der Waals surface area contributed by atoms with Gasteiger partial charge in [0.25, 0.3) is 10.0 Å². The molecular formula is C23H18Cl3N3O4S. The summed E-state index contributed by atoms with van der Waals surface area (Å²) in [7, 11) is -4.42. The number of nitrogens with zero attached hydrogens (tertiary/aromatic N) is 1. The molecule has 3 aromatic carbocycles. The Morgan fingerprint density at radius 1 is 0.941 bits per heavy atom. The largest absolute Gasteiger partial charge is 0.352 e. The van der Waals surface area contributed by atoms with Gasteiger partial charge in [0, 0.05) is 6.54 Å². The third-order valence-corrected chi connectivity index (χ3v) is 8.50. The highest BCUT2D eigenvalue weighted by atomic mass is 35.5. The van der Waals surface area contributed by atoms with Crippen LogP contribution < -0.4 is 14.9 Å². The Morgan fingerprint density at radius 3 is 2.35 bits per heavy atom. The van der Waals surface area contributed by atoms with E-state index in [-0.39, 0.29) is 37.9 Å². The molecule has 2 N–H and O–H groups in total. The van der Waals surface area contributed by atoms with Crippen LogP contribution >= 0.6 is 34.8 Å². The standard InChI is InChI=1S/C23H18Cl3N3O4S/c24-15-10-11-19(22(26)21(15)25)34(32,33)29-17-9-5-4-8-16(17)28-23(31)18(29)12-20(30)27-13-14-6-2-1-3-7-14/h1-11,18H,12-13H2,(H,27,30)(H,28,31). The van der Waals surface area contributed by atoms with Crippen LogP contribution in [0.5, 0.6) is 0 Å². The number of fused-ring (bicyclic) bond motifs is 1. The number of benzene rings is 3. The van der Waals surface area contributed by atoms with E-state index in [1.807, 2.05) is 30.3 Å². The molecular weight excluding hydrogens is 521 g/mol. The maximum absolute atomic E-state index is 13.8. The summed E-state index contributed by atoms with van der Waals surface area (Å²) in [5.41, 5.74) is 1.35. The molecule has 1 aliphatic rings. The fourth-order valence-corrected chi connectivity index (χ4v) is 6.18. The van der Waals surface area contributed by atoms with Crippen molar-refractivity contribution in [3.63, 3.8) is 0 Å². The van der Waals surface area contributed by atoms with Crippen molar-refractivity contribution in [3.8, 4) is 0 Å². The number of halogens is 3. The Morgan fingerprint density at radius 2 is 1.62 bits per heavy atom. The number of carbonyl (C=O) groups is 2. The van der Waals surface area contributed by atoms with Crippen LogP contribution in [0.4, 0.5) is 11.4 Å². The van der Waals surface area contributed by atoms with Gasteiger partial charge in [-0.2, -0.15) is 0 Å². The summed E-state index contributed by atoms with van der Waals surface area (Å²) in [6.07, 6.45) is -0.412. The maximum atomic E-state index is 13.8. The van der Waals surface area contributed by atoms with Gasteiger partial charge >= 0.3 is 0 Å². The minimum absolute atomic E-state index is 0.0826. The Kier molecular flexibility index (Phi) is 7.04. The van der Waals surface area contributed by atoms with Crippen LogP contribution in [0.3, 0.4) is 0 Å². The molecule has 0 saturated heterocycles. The quantitative estimate of drug-likeness (QED) is 0.438. The normalized spacial score (nSPS) is 15.4. The predicted molar refractivity (Wildman–Crippen MR) is 133 cm³/mol. The maximum Gasteiger partial charge on any atom is 0.266 e. The predicted octanol–water partition coefficient (Wildman–Crippen LogP) is 4.87. The number of amides is 2. The van der Waals surface area contributed by atoms with Crippen LogP contribution in [0, 0.1) is 0 Å². The van der Waals surface area contributed by atoms with Gasteiger partial charge in [-0.1, -0.05) is 77.3 Å². The molecule has 0 aliphatic carbocycles. The number of hydrogen-bond donors (Lipinski definition) is 2. The van der Waals surface area contributed by atoms with E-state index in [0.29, 0.717) is 0 Å². The Labute approximate surface area is 211 Å². The molecule has 0 spiro atoms. The number of rotatable bonds is 6. The van der Waals surface area contributed by atoms with Crippen LogP contribution in [0.25, 0.3) is 0 Å². The second kappa shape index (κ2) is 9.84. The monoisotopic (exact) mass is 537 g/mol. The molecule has 2 amide bonds. The molecule has 0 aromatic heterocycles. The van der Waals surface area contributed by atoms with Crippen molar-refractivity contribution in [2.45, 2.75) is 23.9 Å². The third kappa shape index (κ3) is 4.72. The van der Waals surface area contributed by atoms with Gasteiger partial charge in [-0.25, -0.2) is 8.42 Å². The molecule has 1 aliphatic heterocycles. The first-order chi connectivity index (χ1) is 16.2. The molecule has 1 atom stereocenters. The lowest BCUT2D eigenvalue weighted by Gasteiger charge is -2.36. The zero-order valence-electron chi connectivity index (χ0n) is 17.5. The highest BCUT2D eigenvalue weighted by molar-refractivity contribution is 7.93. The second-order valence-electron chi connectivity index (χ2n) is 7.46. The highest BCUT2D eigenvalue weighted by Gasteiger charge is 2.43. The number of sulfonamides is 1. The molecule has 0 saturated carbocycles. The van der Waals surface area contributed by atoms with Crippen LogP contribution in [-0.2, 0) is 26.2 Å². The Bertz CT molecular complexity index is 1370. The molecule has 176 valence electrons. The molecule has 7 nitrogen and oxygen atoms in total. The lowest BCUT2D eigenvalue weighted by atomic mass is 10.1. The van der Waals surface area contributed by atoms with E-state index in [1.165, 1.54) is 18.2 Å². The first-order valence-electron chi connectivity index (χ1n) is 10.1. The lowest BCUT2D eigenvalue weighted by Crippen LogP contribution is -2.52. The van der Waals surface area contributed by atoms with Crippen LogP contribution in [0.15, 0.2) is 71.6 Å². The first-order valence-corrected chi connectivity index (χ1v) is 12.7. The van der Waals surface area contributed by atoms with Crippen molar-refractivity contribution in [3.05, 3.63) is 87.4 Å². The smallest absolute Gasteiger partial charge is 0.266 e. The van der Waals surface area contributed by atoms with Crippen molar-refractivity contribution in [1.29, 1.82) is 0 Å². The molecule has 3 aromatic rings. The summed E-state index contributed by atoms with van der Waals surface area (Å²) in [6.45, 7) is 0.232. The van der Waals surface area contributed by atoms with E-state index < -0.39 is 34.3 Å². The van der Waals surface area contributed by atoms with Gasteiger partial charge in [0.05, 0.1) is 32.9 Å². The molecule has 4 rings (SSSR count). The van der Waals surface area contributed by atoms with E-state index in [9.17, 15) is 18.0 Å². The SMILES string of the molecule is O=C(CC1C(=O)Nc2ccccc2N1S(=O)(=O)c1ccc(Cl)c(Cl)c1Cl)NCc1ccccc1. The van der Waals surface area contributed by atoms with Crippen molar-refractivity contribution in [2.75, 3.05) is 9.62 Å². The fourth-order valence-electron chi connectivity index (χ4n) is 3.59. The molecule has 1 heterocycles. The number of carbonyl (C=O) groups excluding carboxylic acids is 2.